The second kappa shape index (κ2) is 8.93. The van der Waals surface area contributed by atoms with Gasteiger partial charge in [-0.1, -0.05) is 97.1 Å². The van der Waals surface area contributed by atoms with Crippen molar-refractivity contribution >= 4 is 49.6 Å². The van der Waals surface area contributed by atoms with E-state index in [1.54, 1.807) is 0 Å². The second-order valence-corrected chi connectivity index (χ2v) is 9.97. The Kier molecular flexibility index (Phi) is 5.26. The van der Waals surface area contributed by atoms with Gasteiger partial charge in [0, 0.05) is 45.7 Å². The van der Waals surface area contributed by atoms with E-state index in [0.29, 0.717) is 0 Å². The van der Waals surface area contributed by atoms with Crippen LogP contribution in [0.5, 0.6) is 0 Å². The van der Waals surface area contributed by atoms with Crippen molar-refractivity contribution in [3.8, 4) is 11.1 Å². The maximum Gasteiger partial charge on any atom is 0.0568 e. The Balaban J connectivity index is 1.51. The Morgan fingerprint density at radius 3 is 1.97 bits per heavy atom. The first-order chi connectivity index (χ1) is 18.7. The van der Waals surface area contributed by atoms with Crippen LogP contribution < -0.4 is 4.90 Å². The van der Waals surface area contributed by atoms with Crippen LogP contribution in [0, 0.1) is 6.92 Å². The summed E-state index contributed by atoms with van der Waals surface area (Å²) in [4.78, 5) is 2.37. The summed E-state index contributed by atoms with van der Waals surface area (Å²) in [6, 6.07) is 48.2. The minimum absolute atomic E-state index is 1.15. The number of para-hydroxylation sites is 3. The van der Waals surface area contributed by atoms with Gasteiger partial charge in [0.2, 0.25) is 0 Å². The molecular formula is C36H28N2. The molecule has 0 atom stereocenters. The fourth-order valence-corrected chi connectivity index (χ4v) is 5.94. The highest BCUT2D eigenvalue weighted by atomic mass is 15.1. The van der Waals surface area contributed by atoms with E-state index in [-0.39, 0.29) is 0 Å². The topological polar surface area (TPSA) is 8.17 Å². The summed E-state index contributed by atoms with van der Waals surface area (Å²) in [7, 11) is 2.18. The Bertz CT molecular complexity index is 1950. The number of benzene rings is 6. The van der Waals surface area contributed by atoms with Gasteiger partial charge in [0.15, 0.2) is 0 Å². The summed E-state index contributed by atoms with van der Waals surface area (Å²) >= 11 is 0. The van der Waals surface area contributed by atoms with Gasteiger partial charge in [-0.2, -0.15) is 0 Å². The monoisotopic (exact) mass is 488 g/mol. The number of aryl methyl sites for hydroxylation is 2. The lowest BCUT2D eigenvalue weighted by Crippen LogP contribution is -2.10. The zero-order chi connectivity index (χ0) is 25.6. The Labute approximate surface area is 223 Å². The van der Waals surface area contributed by atoms with Crippen LogP contribution in [0.2, 0.25) is 0 Å². The molecule has 1 aromatic heterocycles. The van der Waals surface area contributed by atoms with E-state index in [4.69, 9.17) is 0 Å². The fraction of sp³-hybridized carbons (Fsp3) is 0.0556. The third-order valence-electron chi connectivity index (χ3n) is 7.63. The van der Waals surface area contributed by atoms with Crippen molar-refractivity contribution in [2.45, 2.75) is 6.92 Å². The number of rotatable bonds is 4. The first-order valence-electron chi connectivity index (χ1n) is 13.1. The summed E-state index contributed by atoms with van der Waals surface area (Å²) in [5.41, 5.74) is 9.74. The van der Waals surface area contributed by atoms with Crippen LogP contribution in [0.1, 0.15) is 5.56 Å². The van der Waals surface area contributed by atoms with Crippen molar-refractivity contribution < 1.29 is 0 Å². The fourth-order valence-electron chi connectivity index (χ4n) is 5.94. The Morgan fingerprint density at radius 2 is 1.16 bits per heavy atom. The third-order valence-corrected chi connectivity index (χ3v) is 7.63. The molecule has 6 aromatic carbocycles. The van der Waals surface area contributed by atoms with E-state index < -0.39 is 0 Å². The highest BCUT2D eigenvalue weighted by molar-refractivity contribution is 6.16. The standard InChI is InChI=1S/C36H28N2/c1-25-12-10-15-27(24-25)38(26-13-4-3-5-14-26)35-23-22-29(28-16-6-7-17-30(28)35)32-19-11-20-33-31-18-8-9-21-34(31)37(2)36(32)33/h3-24H,1-2H3. The molecule has 0 aliphatic heterocycles. The zero-order valence-corrected chi connectivity index (χ0v) is 21.6. The van der Waals surface area contributed by atoms with Crippen LogP contribution in [-0.4, -0.2) is 4.57 Å². The van der Waals surface area contributed by atoms with E-state index in [1.807, 2.05) is 0 Å². The van der Waals surface area contributed by atoms with E-state index in [0.717, 1.165) is 11.4 Å². The van der Waals surface area contributed by atoms with E-state index >= 15 is 0 Å². The number of nitrogens with zero attached hydrogens (tertiary/aromatic N) is 2. The molecule has 2 heteroatoms. The van der Waals surface area contributed by atoms with Crippen molar-refractivity contribution in [2.24, 2.45) is 7.05 Å². The van der Waals surface area contributed by atoms with Gasteiger partial charge in [-0.25, -0.2) is 0 Å². The largest absolute Gasteiger partial charge is 0.343 e. The van der Waals surface area contributed by atoms with Crippen molar-refractivity contribution in [1.29, 1.82) is 0 Å². The number of aromatic nitrogens is 1. The Morgan fingerprint density at radius 1 is 0.500 bits per heavy atom. The molecule has 0 saturated heterocycles. The lowest BCUT2D eigenvalue weighted by Gasteiger charge is -2.27. The second-order valence-electron chi connectivity index (χ2n) is 9.97. The molecule has 7 aromatic rings. The van der Waals surface area contributed by atoms with Crippen LogP contribution in [-0.2, 0) is 7.05 Å². The molecule has 7 rings (SSSR count). The summed E-state index contributed by atoms with van der Waals surface area (Å²) in [6.45, 7) is 2.15. The number of hydrogen-bond donors (Lipinski definition) is 0. The van der Waals surface area contributed by atoms with Crippen LogP contribution >= 0.6 is 0 Å². The summed E-state index contributed by atoms with van der Waals surface area (Å²) in [5.74, 6) is 0. The van der Waals surface area contributed by atoms with Gasteiger partial charge in [0.1, 0.15) is 0 Å². The van der Waals surface area contributed by atoms with Gasteiger partial charge in [0.05, 0.1) is 11.2 Å². The number of hydrogen-bond acceptors (Lipinski definition) is 1. The molecule has 2 nitrogen and oxygen atoms in total. The molecule has 0 fully saturated rings. The van der Waals surface area contributed by atoms with Crippen LogP contribution in [0.3, 0.4) is 0 Å². The number of anilines is 3. The van der Waals surface area contributed by atoms with Crippen molar-refractivity contribution in [1.82, 2.24) is 4.57 Å². The highest BCUT2D eigenvalue weighted by Crippen LogP contribution is 2.44. The minimum Gasteiger partial charge on any atom is -0.343 e. The minimum atomic E-state index is 1.15. The predicted octanol–water partition coefficient (Wildman–Crippen LogP) is 9.93. The van der Waals surface area contributed by atoms with Crippen LogP contribution in [0.25, 0.3) is 43.7 Å². The van der Waals surface area contributed by atoms with Crippen LogP contribution in [0.4, 0.5) is 17.1 Å². The molecule has 0 aliphatic carbocycles. The predicted molar refractivity (Wildman–Crippen MR) is 163 cm³/mol. The highest BCUT2D eigenvalue weighted by Gasteiger charge is 2.19. The Hall–Kier alpha value is -4.82. The van der Waals surface area contributed by atoms with Gasteiger partial charge in [-0.05, 0) is 59.8 Å². The van der Waals surface area contributed by atoms with Gasteiger partial charge < -0.3 is 9.47 Å². The normalized spacial score (nSPS) is 11.4. The quantitative estimate of drug-likeness (QED) is 0.239. The molecule has 1 heterocycles. The van der Waals surface area contributed by atoms with Gasteiger partial charge in [-0.15, -0.1) is 0 Å². The maximum absolute atomic E-state index is 2.37. The molecular weight excluding hydrogens is 460 g/mol. The molecule has 38 heavy (non-hydrogen) atoms. The van der Waals surface area contributed by atoms with Crippen molar-refractivity contribution in [3.63, 3.8) is 0 Å². The summed E-state index contributed by atoms with van der Waals surface area (Å²) < 4.78 is 2.34. The molecule has 0 amide bonds. The SMILES string of the molecule is Cc1cccc(N(c2ccccc2)c2ccc(-c3cccc4c5ccccc5n(C)c34)c3ccccc23)c1. The first-order valence-corrected chi connectivity index (χ1v) is 13.1. The molecule has 0 N–H and O–H groups in total. The van der Waals surface area contributed by atoms with Crippen molar-refractivity contribution in [2.75, 3.05) is 4.90 Å². The van der Waals surface area contributed by atoms with Crippen molar-refractivity contribution in [3.05, 3.63) is 139 Å². The average molecular weight is 489 g/mol. The van der Waals surface area contributed by atoms with Gasteiger partial charge >= 0.3 is 0 Å². The number of fused-ring (bicyclic) bond motifs is 4. The van der Waals surface area contributed by atoms with Gasteiger partial charge in [-0.3, -0.25) is 0 Å². The van der Waals surface area contributed by atoms with E-state index in [1.165, 1.54) is 55.0 Å². The maximum atomic E-state index is 2.37. The first kappa shape index (κ1) is 22.4. The summed E-state index contributed by atoms with van der Waals surface area (Å²) in [5, 5.41) is 5.06. The van der Waals surface area contributed by atoms with Crippen LogP contribution in [0.15, 0.2) is 133 Å². The average Bonchev–Trinajstić information content (AvgIpc) is 3.26. The van der Waals surface area contributed by atoms with E-state index in [2.05, 4.69) is 157 Å². The molecule has 182 valence electrons. The summed E-state index contributed by atoms with van der Waals surface area (Å²) in [6.07, 6.45) is 0. The van der Waals surface area contributed by atoms with Gasteiger partial charge in [0.25, 0.3) is 0 Å². The third kappa shape index (κ3) is 3.49. The lowest BCUT2D eigenvalue weighted by molar-refractivity contribution is 1.02. The van der Waals surface area contributed by atoms with E-state index in [9.17, 15) is 0 Å². The zero-order valence-electron chi connectivity index (χ0n) is 21.6. The molecule has 0 radical (unpaired) electrons. The molecule has 0 spiro atoms. The smallest absolute Gasteiger partial charge is 0.0568 e. The molecule has 0 saturated carbocycles. The molecule has 0 bridgehead atoms. The molecule has 0 aliphatic rings. The lowest BCUT2D eigenvalue weighted by atomic mass is 9.94. The molecule has 0 unspecified atom stereocenters.